The molecular weight excluding hydrogens is 442 g/mol. The highest BCUT2D eigenvalue weighted by Crippen LogP contribution is 2.30. The molecule has 0 bridgehead atoms. The number of nitrogens with zero attached hydrogens (tertiary/aromatic N) is 3. The molecule has 0 saturated carbocycles. The maximum atomic E-state index is 13.4. The van der Waals surface area contributed by atoms with Gasteiger partial charge in [-0.3, -0.25) is 9.20 Å². The van der Waals surface area contributed by atoms with Gasteiger partial charge in [0.2, 0.25) is 0 Å². The lowest BCUT2D eigenvalue weighted by atomic mass is 9.91. The topological polar surface area (TPSA) is 73.1 Å². The second kappa shape index (κ2) is 11.3. The van der Waals surface area contributed by atoms with Crippen molar-refractivity contribution in [3.8, 4) is 5.75 Å². The van der Waals surface area contributed by atoms with Crippen molar-refractivity contribution in [3.63, 3.8) is 0 Å². The molecule has 35 heavy (non-hydrogen) atoms. The van der Waals surface area contributed by atoms with Crippen molar-refractivity contribution >= 4 is 23.3 Å². The molecule has 0 spiro atoms. The average molecular weight is 476 g/mol. The van der Waals surface area contributed by atoms with E-state index in [4.69, 9.17) is 14.5 Å². The minimum Gasteiger partial charge on any atom is -0.494 e. The summed E-state index contributed by atoms with van der Waals surface area (Å²) in [7, 11) is 0. The third-order valence-corrected chi connectivity index (χ3v) is 6.40. The van der Waals surface area contributed by atoms with Crippen molar-refractivity contribution in [3.05, 3.63) is 75.3 Å². The highest BCUT2D eigenvalue weighted by Gasteiger charge is 2.21. The van der Waals surface area contributed by atoms with Crippen LogP contribution in [0.3, 0.4) is 0 Å². The predicted octanol–water partition coefficient (Wildman–Crippen LogP) is 4.47. The second-order valence-corrected chi connectivity index (χ2v) is 8.58. The fraction of sp³-hybridized carbons (Fsp3) is 0.393. The Morgan fingerprint density at radius 1 is 1.09 bits per heavy atom. The van der Waals surface area contributed by atoms with E-state index in [2.05, 4.69) is 24.8 Å². The summed E-state index contributed by atoms with van der Waals surface area (Å²) in [5.41, 5.74) is 4.29. The highest BCUT2D eigenvalue weighted by atomic mass is 16.5. The maximum absolute atomic E-state index is 13.4. The molecule has 0 radical (unpaired) electrons. The van der Waals surface area contributed by atoms with E-state index in [9.17, 15) is 9.59 Å². The maximum Gasteiger partial charge on any atom is 0.339 e. The molecule has 0 fully saturated rings. The highest BCUT2D eigenvalue weighted by molar-refractivity contribution is 5.89. The number of allylic oxidation sites excluding steroid dienone is 1. The number of hydrogen-bond donors (Lipinski definition) is 0. The van der Waals surface area contributed by atoms with Gasteiger partial charge in [-0.15, -0.1) is 0 Å². The summed E-state index contributed by atoms with van der Waals surface area (Å²) >= 11 is 0. The molecule has 4 rings (SSSR count). The first-order chi connectivity index (χ1) is 17.0. The van der Waals surface area contributed by atoms with Crippen molar-refractivity contribution < 1.29 is 14.3 Å². The standard InChI is InChI=1S/C28H33N3O4/c1-4-30(5-2)16-17-35-28(33)22-12-15-25-29-26-21(8-7-9-24(26)27(32)31(25)19-22)18-20-10-13-23(14-11-20)34-6-3/h10-15,18-19H,4-9,16-17H2,1-3H3. The van der Waals surface area contributed by atoms with Gasteiger partial charge in [-0.25, -0.2) is 9.78 Å². The number of esters is 1. The van der Waals surface area contributed by atoms with E-state index in [1.54, 1.807) is 18.3 Å². The molecule has 0 aliphatic heterocycles. The van der Waals surface area contributed by atoms with Gasteiger partial charge in [0.25, 0.3) is 5.56 Å². The SMILES string of the molecule is CCOc1ccc(C=C2CCCc3c2nc2ccc(C(=O)OCCN(CC)CC)cn2c3=O)cc1. The fourth-order valence-corrected chi connectivity index (χ4v) is 4.42. The minimum atomic E-state index is -0.431. The lowest BCUT2D eigenvalue weighted by Crippen LogP contribution is -2.28. The summed E-state index contributed by atoms with van der Waals surface area (Å²) in [6.45, 7) is 9.56. The number of hydrogen-bond acceptors (Lipinski definition) is 6. The Morgan fingerprint density at radius 3 is 2.57 bits per heavy atom. The van der Waals surface area contributed by atoms with E-state index < -0.39 is 5.97 Å². The van der Waals surface area contributed by atoms with Crippen LogP contribution < -0.4 is 10.3 Å². The van der Waals surface area contributed by atoms with Crippen molar-refractivity contribution in [1.29, 1.82) is 0 Å². The summed E-state index contributed by atoms with van der Waals surface area (Å²) in [6, 6.07) is 11.3. The number of aromatic nitrogens is 2. The van der Waals surface area contributed by atoms with E-state index in [-0.39, 0.29) is 5.56 Å². The molecule has 7 nitrogen and oxygen atoms in total. The number of fused-ring (bicyclic) bond motifs is 2. The van der Waals surface area contributed by atoms with Crippen LogP contribution in [0.2, 0.25) is 0 Å². The van der Waals surface area contributed by atoms with E-state index >= 15 is 0 Å². The van der Waals surface area contributed by atoms with Gasteiger partial charge in [0.1, 0.15) is 18.0 Å². The van der Waals surface area contributed by atoms with Crippen molar-refractivity contribution in [1.82, 2.24) is 14.3 Å². The lowest BCUT2D eigenvalue weighted by Gasteiger charge is -2.19. The van der Waals surface area contributed by atoms with E-state index in [1.165, 1.54) is 4.40 Å². The van der Waals surface area contributed by atoms with Gasteiger partial charge in [-0.1, -0.05) is 26.0 Å². The molecule has 1 aliphatic carbocycles. The number of likely N-dealkylation sites (N-methyl/N-ethyl adjacent to an activating group) is 1. The molecule has 0 unspecified atom stereocenters. The normalized spacial score (nSPS) is 14.3. The number of rotatable bonds is 9. The van der Waals surface area contributed by atoms with Crippen LogP contribution in [-0.2, 0) is 11.2 Å². The summed E-state index contributed by atoms with van der Waals surface area (Å²) in [4.78, 5) is 32.9. The number of pyridine rings is 1. The quantitative estimate of drug-likeness (QED) is 0.425. The van der Waals surface area contributed by atoms with Crippen molar-refractivity contribution in [2.45, 2.75) is 40.0 Å². The Hall–Kier alpha value is -3.45. The van der Waals surface area contributed by atoms with E-state index in [0.717, 1.165) is 48.5 Å². The largest absolute Gasteiger partial charge is 0.494 e. The van der Waals surface area contributed by atoms with Gasteiger partial charge < -0.3 is 14.4 Å². The average Bonchev–Trinajstić information content (AvgIpc) is 2.88. The van der Waals surface area contributed by atoms with Gasteiger partial charge in [-0.05, 0) is 80.8 Å². The van der Waals surface area contributed by atoms with Crippen LogP contribution in [0.1, 0.15) is 60.8 Å². The molecule has 2 aromatic heterocycles. The van der Waals surface area contributed by atoms with Crippen molar-refractivity contribution in [2.75, 3.05) is 32.8 Å². The van der Waals surface area contributed by atoms with Crippen LogP contribution in [-0.4, -0.2) is 53.1 Å². The van der Waals surface area contributed by atoms with Crippen LogP contribution in [0.5, 0.6) is 5.75 Å². The molecule has 1 aliphatic rings. The number of ether oxygens (including phenoxy) is 2. The third-order valence-electron chi connectivity index (χ3n) is 6.40. The molecular formula is C28H33N3O4. The predicted molar refractivity (Wildman–Crippen MR) is 138 cm³/mol. The summed E-state index contributed by atoms with van der Waals surface area (Å²) < 4.78 is 12.4. The molecule has 3 aromatic rings. The fourth-order valence-electron chi connectivity index (χ4n) is 4.42. The van der Waals surface area contributed by atoms with Gasteiger partial charge in [-0.2, -0.15) is 0 Å². The zero-order chi connectivity index (χ0) is 24.8. The Balaban J connectivity index is 1.60. The van der Waals surface area contributed by atoms with Gasteiger partial charge in [0.15, 0.2) is 0 Å². The van der Waals surface area contributed by atoms with Crippen LogP contribution in [0.15, 0.2) is 47.4 Å². The molecule has 7 heteroatoms. The monoisotopic (exact) mass is 475 g/mol. The van der Waals surface area contributed by atoms with Crippen molar-refractivity contribution in [2.24, 2.45) is 0 Å². The third kappa shape index (κ3) is 5.62. The van der Waals surface area contributed by atoms with E-state index in [1.807, 2.05) is 31.2 Å². The molecule has 0 N–H and O–H groups in total. The Bertz CT molecular complexity index is 1270. The first-order valence-corrected chi connectivity index (χ1v) is 12.4. The van der Waals surface area contributed by atoms with Gasteiger partial charge in [0.05, 0.1) is 17.9 Å². The summed E-state index contributed by atoms with van der Waals surface area (Å²) in [5.74, 6) is 0.406. The van der Waals surface area contributed by atoms with Crippen LogP contribution >= 0.6 is 0 Å². The van der Waals surface area contributed by atoms with Gasteiger partial charge in [0, 0.05) is 18.3 Å². The molecule has 1 aromatic carbocycles. The molecule has 2 heterocycles. The summed E-state index contributed by atoms with van der Waals surface area (Å²) in [5, 5.41) is 0. The Morgan fingerprint density at radius 2 is 1.86 bits per heavy atom. The molecule has 0 atom stereocenters. The van der Waals surface area contributed by atoms with E-state index in [0.29, 0.717) is 43.0 Å². The zero-order valence-corrected chi connectivity index (χ0v) is 20.8. The van der Waals surface area contributed by atoms with Gasteiger partial charge >= 0.3 is 5.97 Å². The second-order valence-electron chi connectivity index (χ2n) is 8.58. The van der Waals surface area contributed by atoms with Crippen LogP contribution in [0.4, 0.5) is 0 Å². The lowest BCUT2D eigenvalue weighted by molar-refractivity contribution is 0.0466. The zero-order valence-electron chi connectivity index (χ0n) is 20.8. The number of carbonyl (C=O) groups is 1. The Labute approximate surface area is 206 Å². The first-order valence-electron chi connectivity index (χ1n) is 12.4. The smallest absolute Gasteiger partial charge is 0.339 e. The minimum absolute atomic E-state index is 0.125. The number of carbonyl (C=O) groups excluding carboxylic acids is 1. The molecule has 0 amide bonds. The Kier molecular flexibility index (Phi) is 7.98. The summed E-state index contributed by atoms with van der Waals surface area (Å²) in [6.07, 6.45) is 6.06. The van der Waals surface area contributed by atoms with Crippen LogP contribution in [0.25, 0.3) is 17.3 Å². The molecule has 0 saturated heterocycles. The molecule has 184 valence electrons. The number of benzene rings is 1. The van der Waals surface area contributed by atoms with Crippen LogP contribution in [0, 0.1) is 0 Å². The first kappa shape index (κ1) is 24.7.